The topological polar surface area (TPSA) is 55.1 Å². The Hall–Kier alpha value is -0.760. The minimum absolute atomic E-state index is 0.134. The Morgan fingerprint density at radius 1 is 1.42 bits per heavy atom. The highest BCUT2D eigenvalue weighted by molar-refractivity contribution is 14.1. The van der Waals surface area contributed by atoms with Crippen molar-refractivity contribution in [3.05, 3.63) is 32.9 Å². The van der Waals surface area contributed by atoms with Crippen molar-refractivity contribution < 1.29 is 13.6 Å². The van der Waals surface area contributed by atoms with Gasteiger partial charge in [0, 0.05) is 16.2 Å². The van der Waals surface area contributed by atoms with E-state index in [4.69, 9.17) is 5.73 Å². The molecule has 0 spiro atoms. The maximum absolute atomic E-state index is 13.2. The zero-order valence-electron chi connectivity index (χ0n) is 10.7. The van der Waals surface area contributed by atoms with Gasteiger partial charge < -0.3 is 11.1 Å². The molecule has 0 aliphatic rings. The van der Waals surface area contributed by atoms with Crippen molar-refractivity contribution in [3.8, 4) is 0 Å². The van der Waals surface area contributed by atoms with Crippen LogP contribution in [-0.4, -0.2) is 18.5 Å². The van der Waals surface area contributed by atoms with Crippen molar-refractivity contribution >= 4 is 28.5 Å². The number of hydrogen-bond donors (Lipinski definition) is 2. The summed E-state index contributed by atoms with van der Waals surface area (Å²) in [6.07, 6.45) is 2.74. The maximum Gasteiger partial charge on any atom is 0.252 e. The van der Waals surface area contributed by atoms with Crippen molar-refractivity contribution in [1.29, 1.82) is 0 Å². The van der Waals surface area contributed by atoms with Crippen LogP contribution in [0.5, 0.6) is 0 Å². The van der Waals surface area contributed by atoms with E-state index < -0.39 is 17.5 Å². The van der Waals surface area contributed by atoms with E-state index in [9.17, 15) is 13.6 Å². The molecule has 1 unspecified atom stereocenters. The third-order valence-electron chi connectivity index (χ3n) is 2.78. The van der Waals surface area contributed by atoms with Crippen LogP contribution < -0.4 is 11.1 Å². The van der Waals surface area contributed by atoms with Crippen LogP contribution in [0.15, 0.2) is 12.1 Å². The molecule has 0 aliphatic carbocycles. The molecule has 106 valence electrons. The normalized spacial score (nSPS) is 12.3. The summed E-state index contributed by atoms with van der Waals surface area (Å²) in [6.45, 7) is 2.37. The summed E-state index contributed by atoms with van der Waals surface area (Å²) in [4.78, 5) is 12.0. The molecule has 0 fully saturated rings. The van der Waals surface area contributed by atoms with Crippen LogP contribution in [0.3, 0.4) is 0 Å². The van der Waals surface area contributed by atoms with Gasteiger partial charge >= 0.3 is 0 Å². The van der Waals surface area contributed by atoms with E-state index in [0.717, 1.165) is 31.4 Å². The van der Waals surface area contributed by atoms with Gasteiger partial charge in [-0.1, -0.05) is 19.8 Å². The van der Waals surface area contributed by atoms with Crippen LogP contribution in [0.2, 0.25) is 0 Å². The molecule has 1 amide bonds. The van der Waals surface area contributed by atoms with Gasteiger partial charge in [-0.25, -0.2) is 8.78 Å². The Kier molecular flexibility index (Phi) is 6.64. The fourth-order valence-corrected chi connectivity index (χ4v) is 2.33. The number of benzene rings is 1. The number of amides is 1. The second-order valence-corrected chi connectivity index (χ2v) is 5.46. The highest BCUT2D eigenvalue weighted by atomic mass is 127. The first-order valence-corrected chi connectivity index (χ1v) is 7.23. The molecule has 6 heteroatoms. The van der Waals surface area contributed by atoms with E-state index in [1.54, 1.807) is 22.6 Å². The van der Waals surface area contributed by atoms with Crippen LogP contribution in [0.25, 0.3) is 0 Å². The van der Waals surface area contributed by atoms with Crippen LogP contribution in [-0.2, 0) is 0 Å². The van der Waals surface area contributed by atoms with Crippen molar-refractivity contribution in [2.45, 2.75) is 32.2 Å². The maximum atomic E-state index is 13.2. The summed E-state index contributed by atoms with van der Waals surface area (Å²) in [5.41, 5.74) is 5.72. The van der Waals surface area contributed by atoms with Gasteiger partial charge in [-0.05, 0) is 41.1 Å². The Morgan fingerprint density at radius 3 is 2.63 bits per heavy atom. The zero-order chi connectivity index (χ0) is 14.4. The molecule has 3 nitrogen and oxygen atoms in total. The molecule has 3 N–H and O–H groups in total. The third kappa shape index (κ3) is 4.68. The summed E-state index contributed by atoms with van der Waals surface area (Å²) in [5.74, 6) is -2.40. The Balaban J connectivity index is 2.79. The number of carbonyl (C=O) groups is 1. The smallest absolute Gasteiger partial charge is 0.252 e. The van der Waals surface area contributed by atoms with E-state index in [1.165, 1.54) is 0 Å². The summed E-state index contributed by atoms with van der Waals surface area (Å²) in [6, 6.07) is 1.78. The second kappa shape index (κ2) is 7.74. The lowest BCUT2D eigenvalue weighted by atomic mass is 10.1. The first-order valence-electron chi connectivity index (χ1n) is 6.15. The molecule has 0 aliphatic heterocycles. The first-order chi connectivity index (χ1) is 8.99. The van der Waals surface area contributed by atoms with Gasteiger partial charge in [0.1, 0.15) is 0 Å². The monoisotopic (exact) mass is 382 g/mol. The average molecular weight is 382 g/mol. The Morgan fingerprint density at radius 2 is 2.05 bits per heavy atom. The van der Waals surface area contributed by atoms with E-state index in [0.29, 0.717) is 10.1 Å². The van der Waals surface area contributed by atoms with Crippen molar-refractivity contribution in [1.82, 2.24) is 5.32 Å². The quantitative estimate of drug-likeness (QED) is 0.587. The van der Waals surface area contributed by atoms with Gasteiger partial charge in [-0.3, -0.25) is 4.79 Å². The predicted octanol–water partition coefficient (Wildman–Crippen LogP) is 2.82. The number of unbranched alkanes of at least 4 members (excludes halogenated alkanes) is 1. The van der Waals surface area contributed by atoms with Crippen molar-refractivity contribution in [2.75, 3.05) is 6.54 Å². The largest absolute Gasteiger partial charge is 0.348 e. The number of halogens is 3. The van der Waals surface area contributed by atoms with E-state index in [2.05, 4.69) is 5.32 Å². The van der Waals surface area contributed by atoms with Gasteiger partial charge in [0.2, 0.25) is 0 Å². The van der Waals surface area contributed by atoms with Crippen LogP contribution in [0, 0.1) is 15.2 Å². The first kappa shape index (κ1) is 16.3. The van der Waals surface area contributed by atoms with Crippen LogP contribution >= 0.6 is 22.6 Å². The number of rotatable bonds is 6. The van der Waals surface area contributed by atoms with Gasteiger partial charge in [-0.2, -0.15) is 0 Å². The number of nitrogens with one attached hydrogen (secondary N) is 1. The Labute approximate surface area is 125 Å². The average Bonchev–Trinajstić information content (AvgIpc) is 2.38. The second-order valence-electron chi connectivity index (χ2n) is 4.29. The number of hydrogen-bond acceptors (Lipinski definition) is 2. The summed E-state index contributed by atoms with van der Waals surface area (Å²) < 4.78 is 26.5. The van der Waals surface area contributed by atoms with Gasteiger partial charge in [0.05, 0.1) is 5.56 Å². The molecular weight excluding hydrogens is 365 g/mol. The lowest BCUT2D eigenvalue weighted by Crippen LogP contribution is -2.40. The molecule has 19 heavy (non-hydrogen) atoms. The molecule has 0 radical (unpaired) electrons. The molecule has 1 aromatic carbocycles. The van der Waals surface area contributed by atoms with Crippen LogP contribution in [0.1, 0.15) is 36.5 Å². The highest BCUT2D eigenvalue weighted by Gasteiger charge is 2.17. The standard InChI is InChI=1S/C13H17F2IN2O/c1-2-3-4-8(7-17)18-13(19)9-5-10(14)11(15)6-12(9)16/h5-6,8H,2-4,7,17H2,1H3,(H,18,19). The molecule has 0 bridgehead atoms. The molecule has 1 atom stereocenters. The van der Waals surface area contributed by atoms with E-state index >= 15 is 0 Å². The minimum atomic E-state index is -1.02. The van der Waals surface area contributed by atoms with Crippen LogP contribution in [0.4, 0.5) is 8.78 Å². The lowest BCUT2D eigenvalue weighted by Gasteiger charge is -2.17. The highest BCUT2D eigenvalue weighted by Crippen LogP contribution is 2.17. The van der Waals surface area contributed by atoms with E-state index in [-0.39, 0.29) is 11.6 Å². The molecule has 0 heterocycles. The van der Waals surface area contributed by atoms with Gasteiger partial charge in [-0.15, -0.1) is 0 Å². The van der Waals surface area contributed by atoms with Crippen molar-refractivity contribution in [2.24, 2.45) is 5.73 Å². The molecule has 1 rings (SSSR count). The predicted molar refractivity (Wildman–Crippen MR) is 78.9 cm³/mol. The summed E-state index contributed by atoms with van der Waals surface area (Å²) >= 11 is 1.81. The third-order valence-corrected chi connectivity index (χ3v) is 3.67. The Bertz CT molecular complexity index is 455. The molecular formula is C13H17F2IN2O. The van der Waals surface area contributed by atoms with Gasteiger partial charge in [0.25, 0.3) is 5.91 Å². The molecule has 1 aromatic rings. The van der Waals surface area contributed by atoms with E-state index in [1.807, 2.05) is 6.92 Å². The number of carbonyl (C=O) groups excluding carboxylic acids is 1. The molecule has 0 saturated heterocycles. The zero-order valence-corrected chi connectivity index (χ0v) is 12.8. The summed E-state index contributed by atoms with van der Waals surface area (Å²) in [7, 11) is 0. The fourth-order valence-electron chi connectivity index (χ4n) is 1.66. The molecule has 0 saturated carbocycles. The fraction of sp³-hybridized carbons (Fsp3) is 0.462. The van der Waals surface area contributed by atoms with Gasteiger partial charge in [0.15, 0.2) is 11.6 Å². The minimum Gasteiger partial charge on any atom is -0.348 e. The lowest BCUT2D eigenvalue weighted by molar-refractivity contribution is 0.0934. The SMILES string of the molecule is CCCCC(CN)NC(=O)c1cc(F)c(F)cc1I. The summed E-state index contributed by atoms with van der Waals surface area (Å²) in [5, 5.41) is 2.75. The number of nitrogens with two attached hydrogens (primary N) is 1. The molecule has 0 aromatic heterocycles. The van der Waals surface area contributed by atoms with Crippen molar-refractivity contribution in [3.63, 3.8) is 0 Å².